The van der Waals surface area contributed by atoms with Gasteiger partial charge < -0.3 is 25.5 Å². The highest BCUT2D eigenvalue weighted by Gasteiger charge is 2.26. The predicted molar refractivity (Wildman–Crippen MR) is 111 cm³/mol. The maximum absolute atomic E-state index is 12.7. The number of benzene rings is 2. The van der Waals surface area contributed by atoms with Gasteiger partial charge in [-0.25, -0.2) is 4.79 Å². The first kappa shape index (κ1) is 20.9. The van der Waals surface area contributed by atoms with Crippen molar-refractivity contribution in [2.24, 2.45) is 0 Å². The normalized spacial score (nSPS) is 12.7. The first-order valence-corrected chi connectivity index (χ1v) is 9.49. The molecule has 0 saturated heterocycles. The number of ether oxygens (including phenoxy) is 1. The van der Waals surface area contributed by atoms with E-state index >= 15 is 0 Å². The van der Waals surface area contributed by atoms with Crippen molar-refractivity contribution >= 4 is 28.9 Å². The second-order valence-corrected chi connectivity index (χ2v) is 6.89. The van der Waals surface area contributed by atoms with Crippen LogP contribution in [0.3, 0.4) is 0 Å². The van der Waals surface area contributed by atoms with Gasteiger partial charge in [-0.2, -0.15) is 0 Å². The van der Waals surface area contributed by atoms with Crippen molar-refractivity contribution in [2.45, 2.75) is 32.0 Å². The van der Waals surface area contributed by atoms with Crippen LogP contribution in [0.5, 0.6) is 0 Å². The van der Waals surface area contributed by atoms with E-state index in [2.05, 4.69) is 15.6 Å². The molecule has 156 valence electrons. The molecule has 0 radical (unpaired) electrons. The van der Waals surface area contributed by atoms with Crippen molar-refractivity contribution in [3.05, 3.63) is 71.9 Å². The molecule has 0 aliphatic rings. The summed E-state index contributed by atoms with van der Waals surface area (Å²) in [6.07, 6.45) is 1.17. The van der Waals surface area contributed by atoms with E-state index in [9.17, 15) is 14.4 Å². The molecule has 30 heavy (non-hydrogen) atoms. The van der Waals surface area contributed by atoms with Gasteiger partial charge in [0.05, 0.1) is 0 Å². The molecule has 0 unspecified atom stereocenters. The monoisotopic (exact) mass is 409 g/mol. The van der Waals surface area contributed by atoms with E-state index in [0.717, 1.165) is 22.0 Å². The maximum Gasteiger partial charge on any atom is 0.408 e. The fraction of sp³-hybridized carbons (Fsp3) is 0.227. The van der Waals surface area contributed by atoms with Gasteiger partial charge in [-0.1, -0.05) is 48.5 Å². The zero-order chi connectivity index (χ0) is 21.5. The summed E-state index contributed by atoms with van der Waals surface area (Å²) in [5.41, 5.74) is 2.53. The Morgan fingerprint density at radius 3 is 2.47 bits per heavy atom. The fourth-order valence-corrected chi connectivity index (χ4v) is 3.01. The minimum Gasteiger partial charge on any atom is -0.480 e. The van der Waals surface area contributed by atoms with Gasteiger partial charge >= 0.3 is 12.1 Å². The van der Waals surface area contributed by atoms with E-state index in [1.165, 1.54) is 6.92 Å². The molecule has 4 N–H and O–H groups in total. The molecule has 3 aromatic rings. The quantitative estimate of drug-likeness (QED) is 0.456. The molecule has 0 aliphatic heterocycles. The molecule has 2 amide bonds. The van der Waals surface area contributed by atoms with Crippen LogP contribution in [-0.2, 0) is 27.4 Å². The summed E-state index contributed by atoms with van der Waals surface area (Å²) in [5, 5.41) is 14.9. The van der Waals surface area contributed by atoms with Crippen LogP contribution >= 0.6 is 0 Å². The summed E-state index contributed by atoms with van der Waals surface area (Å²) < 4.78 is 5.21. The number of H-pyrrole nitrogens is 1. The van der Waals surface area contributed by atoms with Crippen LogP contribution in [0.1, 0.15) is 18.1 Å². The molecule has 0 aliphatic carbocycles. The van der Waals surface area contributed by atoms with Crippen LogP contribution in [0.2, 0.25) is 0 Å². The van der Waals surface area contributed by atoms with Crippen LogP contribution in [0, 0.1) is 0 Å². The van der Waals surface area contributed by atoms with Crippen LogP contribution in [0.15, 0.2) is 60.8 Å². The molecule has 8 heteroatoms. The number of carbonyl (C=O) groups excluding carboxylic acids is 2. The molecule has 0 spiro atoms. The summed E-state index contributed by atoms with van der Waals surface area (Å²) in [7, 11) is 0. The van der Waals surface area contributed by atoms with Gasteiger partial charge in [-0.15, -0.1) is 0 Å². The number of hydrogen-bond donors (Lipinski definition) is 4. The number of alkyl carbamates (subject to hydrolysis) is 1. The van der Waals surface area contributed by atoms with Gasteiger partial charge in [0.25, 0.3) is 0 Å². The number of aromatic nitrogens is 1. The SMILES string of the molecule is C[C@H](NC(=O)[C@@H](Cc1c[nH]c2ccccc12)NC(=O)OCc1ccccc1)C(=O)O. The third-order valence-electron chi connectivity index (χ3n) is 4.65. The van der Waals surface area contributed by atoms with Crippen molar-refractivity contribution in [1.82, 2.24) is 15.6 Å². The van der Waals surface area contributed by atoms with Crippen LogP contribution in [-0.4, -0.2) is 40.1 Å². The molecule has 0 saturated carbocycles. The van der Waals surface area contributed by atoms with Crippen LogP contribution in [0.25, 0.3) is 10.9 Å². The minimum atomic E-state index is -1.17. The van der Waals surface area contributed by atoms with Gasteiger partial charge in [-0.3, -0.25) is 9.59 Å². The molecule has 8 nitrogen and oxygen atoms in total. The van der Waals surface area contributed by atoms with E-state index in [1.807, 2.05) is 54.6 Å². The number of aliphatic carboxylic acids is 1. The van der Waals surface area contributed by atoms with E-state index in [1.54, 1.807) is 6.20 Å². The molecule has 2 aromatic carbocycles. The highest BCUT2D eigenvalue weighted by molar-refractivity contribution is 5.90. The van der Waals surface area contributed by atoms with Crippen molar-refractivity contribution in [3.8, 4) is 0 Å². The minimum absolute atomic E-state index is 0.0552. The van der Waals surface area contributed by atoms with Gasteiger partial charge in [0, 0.05) is 23.5 Å². The molecular formula is C22H23N3O5. The number of aromatic amines is 1. The van der Waals surface area contributed by atoms with Crippen LogP contribution in [0.4, 0.5) is 4.79 Å². The Morgan fingerprint density at radius 2 is 1.73 bits per heavy atom. The molecule has 1 aromatic heterocycles. The van der Waals surface area contributed by atoms with Gasteiger partial charge in [0.2, 0.25) is 5.91 Å². The lowest BCUT2D eigenvalue weighted by atomic mass is 10.0. The highest BCUT2D eigenvalue weighted by Crippen LogP contribution is 2.19. The van der Waals surface area contributed by atoms with E-state index in [-0.39, 0.29) is 13.0 Å². The number of fused-ring (bicyclic) bond motifs is 1. The second-order valence-electron chi connectivity index (χ2n) is 6.89. The molecule has 3 rings (SSSR count). The summed E-state index contributed by atoms with van der Waals surface area (Å²) in [6.45, 7) is 1.41. The van der Waals surface area contributed by atoms with Gasteiger partial charge in [0.1, 0.15) is 18.7 Å². The van der Waals surface area contributed by atoms with Gasteiger partial charge in [0.15, 0.2) is 0 Å². The fourth-order valence-electron chi connectivity index (χ4n) is 3.01. The number of rotatable bonds is 8. The molecule has 0 fully saturated rings. The van der Waals surface area contributed by atoms with Crippen molar-refractivity contribution in [1.29, 1.82) is 0 Å². The third kappa shape index (κ3) is 5.38. The van der Waals surface area contributed by atoms with Crippen molar-refractivity contribution in [3.63, 3.8) is 0 Å². The summed E-state index contributed by atoms with van der Waals surface area (Å²) in [6, 6.07) is 14.6. The van der Waals surface area contributed by atoms with E-state index in [0.29, 0.717) is 0 Å². The number of para-hydroxylation sites is 1. The first-order valence-electron chi connectivity index (χ1n) is 9.49. The van der Waals surface area contributed by atoms with E-state index < -0.39 is 30.1 Å². The first-order chi connectivity index (χ1) is 14.4. The summed E-state index contributed by atoms with van der Waals surface area (Å²) in [5.74, 6) is -1.77. The summed E-state index contributed by atoms with van der Waals surface area (Å²) in [4.78, 5) is 39.2. The van der Waals surface area contributed by atoms with Crippen molar-refractivity contribution < 1.29 is 24.2 Å². The topological polar surface area (TPSA) is 121 Å². The molecule has 2 atom stereocenters. The lowest BCUT2D eigenvalue weighted by Crippen LogP contribution is -2.51. The van der Waals surface area contributed by atoms with Crippen LogP contribution < -0.4 is 10.6 Å². The highest BCUT2D eigenvalue weighted by atomic mass is 16.5. The molecule has 1 heterocycles. The number of nitrogens with one attached hydrogen (secondary N) is 3. The number of amides is 2. The standard InChI is InChI=1S/C22H23N3O5/c1-14(21(27)28)24-20(26)19(11-16-12-23-18-10-6-5-9-17(16)18)25-22(29)30-13-15-7-3-2-4-8-15/h2-10,12,14,19,23H,11,13H2,1H3,(H,24,26)(H,25,29)(H,27,28)/t14-,19+/m0/s1. The van der Waals surface area contributed by atoms with Gasteiger partial charge in [-0.05, 0) is 24.1 Å². The zero-order valence-corrected chi connectivity index (χ0v) is 16.4. The third-order valence-corrected chi connectivity index (χ3v) is 4.65. The lowest BCUT2D eigenvalue weighted by molar-refractivity contribution is -0.141. The number of carboxylic acids is 1. The van der Waals surface area contributed by atoms with Crippen molar-refractivity contribution in [2.75, 3.05) is 0 Å². The largest absolute Gasteiger partial charge is 0.480 e. The zero-order valence-electron chi connectivity index (χ0n) is 16.4. The maximum atomic E-state index is 12.7. The Morgan fingerprint density at radius 1 is 1.03 bits per heavy atom. The Bertz CT molecular complexity index is 1030. The number of carbonyl (C=O) groups is 3. The Balaban J connectivity index is 1.72. The molecular weight excluding hydrogens is 386 g/mol. The second kappa shape index (κ2) is 9.60. The Kier molecular flexibility index (Phi) is 6.69. The Hall–Kier alpha value is -3.81. The molecule has 0 bridgehead atoms. The average Bonchev–Trinajstić information content (AvgIpc) is 3.15. The van der Waals surface area contributed by atoms with E-state index in [4.69, 9.17) is 9.84 Å². The predicted octanol–water partition coefficient (Wildman–Crippen LogP) is 2.59. The lowest BCUT2D eigenvalue weighted by Gasteiger charge is -2.19. The number of hydrogen-bond acceptors (Lipinski definition) is 4. The average molecular weight is 409 g/mol. The Labute approximate surface area is 173 Å². The smallest absolute Gasteiger partial charge is 0.408 e. The summed E-state index contributed by atoms with van der Waals surface area (Å²) >= 11 is 0. The number of carboxylic acid groups (broad SMARTS) is 1.